The molecule has 0 atom stereocenters. The summed E-state index contributed by atoms with van der Waals surface area (Å²) in [5.41, 5.74) is 1.97. The number of unbranched alkanes of at least 4 members (excludes halogenated alkanes) is 4. The maximum Gasteiger partial charge on any atom is 0.268 e. The van der Waals surface area contributed by atoms with Crippen molar-refractivity contribution in [3.8, 4) is 11.8 Å². The molecule has 3 rings (SSSR count). The first kappa shape index (κ1) is 24.2. The number of nitriles is 1. The fraction of sp³-hybridized carbons (Fsp3) is 0.296. The molecule has 1 amide bonds. The van der Waals surface area contributed by atoms with Crippen LogP contribution in [-0.2, 0) is 11.2 Å². The van der Waals surface area contributed by atoms with E-state index >= 15 is 0 Å². The predicted molar refractivity (Wildman–Crippen MR) is 134 cm³/mol. The molecule has 0 unspecified atom stereocenters. The monoisotopic (exact) mass is 459 g/mol. The highest BCUT2D eigenvalue weighted by Gasteiger charge is 2.12. The van der Waals surface area contributed by atoms with Gasteiger partial charge in [-0.15, -0.1) is 11.3 Å². The molecule has 170 valence electrons. The topological polar surface area (TPSA) is 75.0 Å². The second-order valence-electron chi connectivity index (χ2n) is 7.75. The summed E-state index contributed by atoms with van der Waals surface area (Å²) in [7, 11) is 0. The molecular formula is C27H29N3O2S. The minimum atomic E-state index is -0.467. The van der Waals surface area contributed by atoms with Crippen LogP contribution in [0.5, 0.6) is 5.75 Å². The van der Waals surface area contributed by atoms with E-state index in [2.05, 4.69) is 29.4 Å². The lowest BCUT2D eigenvalue weighted by Crippen LogP contribution is -2.13. The quantitative estimate of drug-likeness (QED) is 0.187. The van der Waals surface area contributed by atoms with Crippen LogP contribution in [0.4, 0.5) is 5.13 Å². The maximum atomic E-state index is 12.6. The van der Waals surface area contributed by atoms with Gasteiger partial charge in [0, 0.05) is 17.5 Å². The number of amides is 1. The summed E-state index contributed by atoms with van der Waals surface area (Å²) in [5, 5.41) is 12.7. The normalized spacial score (nSPS) is 11.1. The van der Waals surface area contributed by atoms with Crippen molar-refractivity contribution in [2.45, 2.75) is 45.4 Å². The molecule has 0 saturated carbocycles. The number of anilines is 1. The molecule has 33 heavy (non-hydrogen) atoms. The lowest BCUT2D eigenvalue weighted by molar-refractivity contribution is -0.112. The Hall–Kier alpha value is -3.43. The minimum Gasteiger partial charge on any atom is -0.494 e. The van der Waals surface area contributed by atoms with Gasteiger partial charge in [-0.2, -0.15) is 5.26 Å². The highest BCUT2D eigenvalue weighted by molar-refractivity contribution is 7.15. The number of ether oxygens (including phenoxy) is 1. The average molecular weight is 460 g/mol. The Morgan fingerprint density at radius 3 is 2.58 bits per heavy atom. The number of nitrogens with zero attached hydrogens (tertiary/aromatic N) is 2. The number of nitrogens with one attached hydrogen (secondary N) is 1. The van der Waals surface area contributed by atoms with Crippen LogP contribution in [0.25, 0.3) is 6.08 Å². The number of carbonyl (C=O) groups excluding carboxylic acids is 1. The van der Waals surface area contributed by atoms with Crippen molar-refractivity contribution >= 4 is 28.5 Å². The summed E-state index contributed by atoms with van der Waals surface area (Å²) < 4.78 is 5.77. The van der Waals surface area contributed by atoms with Gasteiger partial charge in [0.2, 0.25) is 0 Å². The number of hydrogen-bond acceptors (Lipinski definition) is 5. The molecule has 0 spiro atoms. The SMILES string of the molecule is CCCCCCCOc1ccc(/C=C(\C#N)C(=O)Nc2ncc(Cc3ccccc3)s2)cc1. The summed E-state index contributed by atoms with van der Waals surface area (Å²) in [4.78, 5) is 17.9. The summed E-state index contributed by atoms with van der Waals surface area (Å²) in [6, 6.07) is 19.5. The van der Waals surface area contributed by atoms with E-state index in [-0.39, 0.29) is 5.57 Å². The molecule has 0 bridgehead atoms. The van der Waals surface area contributed by atoms with E-state index in [9.17, 15) is 10.1 Å². The Labute approximate surface area is 199 Å². The van der Waals surface area contributed by atoms with Crippen LogP contribution < -0.4 is 10.1 Å². The van der Waals surface area contributed by atoms with E-state index in [0.717, 1.165) is 29.0 Å². The molecule has 0 aliphatic heterocycles. The highest BCUT2D eigenvalue weighted by atomic mass is 32.1. The van der Waals surface area contributed by atoms with Crippen LogP contribution in [0.3, 0.4) is 0 Å². The molecular weight excluding hydrogens is 430 g/mol. The molecule has 5 nitrogen and oxygen atoms in total. The van der Waals surface area contributed by atoms with Gasteiger partial charge in [-0.1, -0.05) is 75.1 Å². The fourth-order valence-corrected chi connectivity index (χ4v) is 4.12. The van der Waals surface area contributed by atoms with Crippen molar-refractivity contribution in [3.63, 3.8) is 0 Å². The van der Waals surface area contributed by atoms with Gasteiger partial charge in [0.15, 0.2) is 5.13 Å². The standard InChI is InChI=1S/C27H29N3O2S/c1-2-3-4-5-9-16-32-24-14-12-22(13-15-24)17-23(19-28)26(31)30-27-29-20-25(33-27)18-21-10-7-6-8-11-21/h6-8,10-15,17,20H,2-5,9,16,18H2,1H3,(H,29,30,31)/b23-17+. The van der Waals surface area contributed by atoms with Crippen molar-refractivity contribution < 1.29 is 9.53 Å². The second kappa shape index (κ2) is 13.2. The van der Waals surface area contributed by atoms with Crippen LogP contribution in [0, 0.1) is 11.3 Å². The molecule has 2 aromatic carbocycles. The number of thiazole rings is 1. The first-order chi connectivity index (χ1) is 16.2. The third kappa shape index (κ3) is 8.21. The van der Waals surface area contributed by atoms with Gasteiger partial charge in [-0.05, 0) is 35.8 Å². The lowest BCUT2D eigenvalue weighted by Gasteiger charge is -2.06. The zero-order valence-electron chi connectivity index (χ0n) is 18.9. The average Bonchev–Trinajstić information content (AvgIpc) is 3.27. The predicted octanol–water partition coefficient (Wildman–Crippen LogP) is 6.63. The fourth-order valence-electron chi connectivity index (χ4n) is 3.28. The Morgan fingerprint density at radius 1 is 1.09 bits per heavy atom. The number of hydrogen-bond donors (Lipinski definition) is 1. The summed E-state index contributed by atoms with van der Waals surface area (Å²) in [5.74, 6) is 0.324. The van der Waals surface area contributed by atoms with Crippen molar-refractivity contribution in [2.75, 3.05) is 11.9 Å². The van der Waals surface area contributed by atoms with Crippen molar-refractivity contribution in [2.24, 2.45) is 0 Å². The van der Waals surface area contributed by atoms with Gasteiger partial charge in [-0.3, -0.25) is 10.1 Å². The molecule has 1 aromatic heterocycles. The maximum absolute atomic E-state index is 12.6. The molecule has 3 aromatic rings. The molecule has 0 aliphatic rings. The van der Waals surface area contributed by atoms with Gasteiger partial charge in [0.25, 0.3) is 5.91 Å². The Kier molecular flexibility index (Phi) is 9.68. The van der Waals surface area contributed by atoms with E-state index in [4.69, 9.17) is 4.74 Å². The first-order valence-electron chi connectivity index (χ1n) is 11.3. The minimum absolute atomic E-state index is 0.0272. The van der Waals surface area contributed by atoms with Gasteiger partial charge in [0.05, 0.1) is 6.61 Å². The van der Waals surface area contributed by atoms with Crippen LogP contribution in [-0.4, -0.2) is 17.5 Å². The molecule has 0 saturated heterocycles. The number of benzene rings is 2. The van der Waals surface area contributed by atoms with E-state index in [1.807, 2.05) is 48.5 Å². The summed E-state index contributed by atoms with van der Waals surface area (Å²) in [6.45, 7) is 2.90. The smallest absolute Gasteiger partial charge is 0.268 e. The van der Waals surface area contributed by atoms with Gasteiger partial charge >= 0.3 is 0 Å². The Bertz CT molecular complexity index is 1080. The largest absolute Gasteiger partial charge is 0.494 e. The highest BCUT2D eigenvalue weighted by Crippen LogP contribution is 2.22. The summed E-state index contributed by atoms with van der Waals surface area (Å²) in [6.07, 6.45) is 10.1. The molecule has 0 radical (unpaired) electrons. The van der Waals surface area contributed by atoms with Gasteiger partial charge in [-0.25, -0.2) is 4.98 Å². The molecule has 1 heterocycles. The van der Waals surface area contributed by atoms with E-state index in [1.54, 1.807) is 12.3 Å². The molecule has 1 N–H and O–H groups in total. The lowest BCUT2D eigenvalue weighted by atomic mass is 10.1. The van der Waals surface area contributed by atoms with Gasteiger partial charge in [0.1, 0.15) is 17.4 Å². The third-order valence-corrected chi connectivity index (χ3v) is 5.98. The number of carbonyl (C=O) groups is 1. The zero-order chi connectivity index (χ0) is 23.3. The van der Waals surface area contributed by atoms with Crippen LogP contribution in [0.1, 0.15) is 55.0 Å². The van der Waals surface area contributed by atoms with E-state index < -0.39 is 5.91 Å². The Morgan fingerprint density at radius 2 is 1.85 bits per heavy atom. The van der Waals surface area contributed by atoms with Crippen molar-refractivity contribution in [3.05, 3.63) is 82.4 Å². The van der Waals surface area contributed by atoms with Crippen LogP contribution >= 0.6 is 11.3 Å². The van der Waals surface area contributed by atoms with Crippen molar-refractivity contribution in [1.29, 1.82) is 5.26 Å². The Balaban J connectivity index is 1.52. The van der Waals surface area contributed by atoms with E-state index in [0.29, 0.717) is 11.7 Å². The molecule has 0 fully saturated rings. The van der Waals surface area contributed by atoms with Crippen molar-refractivity contribution in [1.82, 2.24) is 4.98 Å². The van der Waals surface area contributed by atoms with E-state index in [1.165, 1.54) is 42.6 Å². The zero-order valence-corrected chi connectivity index (χ0v) is 19.7. The first-order valence-corrected chi connectivity index (χ1v) is 12.1. The third-order valence-electron chi connectivity index (χ3n) is 5.07. The molecule has 0 aliphatic carbocycles. The number of rotatable bonds is 12. The number of aromatic nitrogens is 1. The van der Waals surface area contributed by atoms with Crippen LogP contribution in [0.15, 0.2) is 66.4 Å². The molecule has 6 heteroatoms. The second-order valence-corrected chi connectivity index (χ2v) is 8.86. The van der Waals surface area contributed by atoms with Gasteiger partial charge < -0.3 is 4.74 Å². The van der Waals surface area contributed by atoms with Crippen LogP contribution in [0.2, 0.25) is 0 Å². The summed E-state index contributed by atoms with van der Waals surface area (Å²) >= 11 is 1.41.